The van der Waals surface area contributed by atoms with Crippen molar-refractivity contribution in [2.24, 2.45) is 7.05 Å². The van der Waals surface area contributed by atoms with Crippen LogP contribution >= 0.6 is 0 Å². The molecule has 5 heterocycles. The van der Waals surface area contributed by atoms with E-state index in [1.165, 1.54) is 0 Å². The van der Waals surface area contributed by atoms with Gasteiger partial charge in [0.1, 0.15) is 5.82 Å². The van der Waals surface area contributed by atoms with Gasteiger partial charge in [-0.05, 0) is 37.3 Å². The lowest BCUT2D eigenvalue weighted by Gasteiger charge is -2.04. The van der Waals surface area contributed by atoms with Crippen molar-refractivity contribution in [1.82, 2.24) is 34.7 Å². The van der Waals surface area contributed by atoms with Crippen LogP contribution in [0, 0.1) is 6.92 Å². The normalized spacial score (nSPS) is 11.5. The first-order valence-electron chi connectivity index (χ1n) is 10.1. The highest BCUT2D eigenvalue weighted by Gasteiger charge is 2.15. The number of H-pyrrole nitrogens is 2. The van der Waals surface area contributed by atoms with Gasteiger partial charge in [0.2, 0.25) is 0 Å². The second-order valence-corrected chi connectivity index (χ2v) is 7.61. The largest absolute Gasteiger partial charge is 0.353 e. The van der Waals surface area contributed by atoms with Gasteiger partial charge in [0, 0.05) is 46.9 Å². The molecule has 0 amide bonds. The molecular weight excluding hydrogens is 386 g/mol. The molecule has 0 fully saturated rings. The summed E-state index contributed by atoms with van der Waals surface area (Å²) < 4.78 is 2.06. The van der Waals surface area contributed by atoms with Crippen molar-refractivity contribution in [3.05, 3.63) is 72.9 Å². The number of aromatic amines is 2. The lowest BCUT2D eigenvalue weighted by Crippen LogP contribution is -1.94. The number of nitrogens with one attached hydrogen (secondary N) is 2. The number of rotatable bonds is 3. The summed E-state index contributed by atoms with van der Waals surface area (Å²) in [6, 6.07) is 16.4. The predicted octanol–water partition coefficient (Wildman–Crippen LogP) is 4.88. The zero-order chi connectivity index (χ0) is 20.9. The lowest BCUT2D eigenvalue weighted by molar-refractivity contribution is 0.865. The number of hydrogen-bond acceptors (Lipinski definition) is 4. The zero-order valence-corrected chi connectivity index (χ0v) is 17.1. The molecule has 7 heteroatoms. The van der Waals surface area contributed by atoms with Crippen molar-refractivity contribution >= 4 is 21.9 Å². The minimum Gasteiger partial charge on any atom is -0.353 e. The number of benzene rings is 1. The van der Waals surface area contributed by atoms with E-state index in [1.807, 2.05) is 56.8 Å². The Hall–Kier alpha value is -4.26. The Kier molecular flexibility index (Phi) is 3.76. The Morgan fingerprint density at radius 1 is 0.903 bits per heavy atom. The monoisotopic (exact) mass is 405 g/mol. The van der Waals surface area contributed by atoms with Gasteiger partial charge in [-0.15, -0.1) is 0 Å². The summed E-state index contributed by atoms with van der Waals surface area (Å²) in [5.41, 5.74) is 7.66. The molecule has 31 heavy (non-hydrogen) atoms. The topological polar surface area (TPSA) is 88.1 Å². The molecule has 0 unspecified atom stereocenters. The van der Waals surface area contributed by atoms with E-state index in [1.54, 1.807) is 0 Å². The Morgan fingerprint density at radius 3 is 2.65 bits per heavy atom. The zero-order valence-electron chi connectivity index (χ0n) is 17.1. The molecule has 7 nitrogen and oxygen atoms in total. The summed E-state index contributed by atoms with van der Waals surface area (Å²) in [4.78, 5) is 17.0. The summed E-state index contributed by atoms with van der Waals surface area (Å²) in [5.74, 6) is 0.959. The van der Waals surface area contributed by atoms with Gasteiger partial charge < -0.3 is 9.55 Å². The number of fused-ring (bicyclic) bond motifs is 2. The van der Waals surface area contributed by atoms with Crippen molar-refractivity contribution in [2.75, 3.05) is 0 Å². The van der Waals surface area contributed by atoms with E-state index in [4.69, 9.17) is 0 Å². The Labute approximate surface area is 177 Å². The molecule has 0 bridgehead atoms. The smallest absolute Gasteiger partial charge is 0.181 e. The standard InChI is InChI=1S/C24H19N7/c1-14-26-13-22(31(14)2)15-10-18-23(29-30-24(18)27-12-15)21-11-17-16(6-5-8-20(17)28-21)19-7-3-4-9-25-19/h3-13,28H,1-2H3,(H,27,29,30). The van der Waals surface area contributed by atoms with E-state index >= 15 is 0 Å². The van der Waals surface area contributed by atoms with Crippen LogP contribution in [0.3, 0.4) is 0 Å². The first-order valence-corrected chi connectivity index (χ1v) is 10.1. The highest BCUT2D eigenvalue weighted by molar-refractivity contribution is 6.00. The Balaban J connectivity index is 1.52. The third kappa shape index (κ3) is 2.74. The number of aryl methyl sites for hydroxylation is 1. The van der Waals surface area contributed by atoms with Crippen LogP contribution in [0.4, 0.5) is 0 Å². The maximum absolute atomic E-state index is 4.57. The van der Waals surface area contributed by atoms with Gasteiger partial charge in [-0.25, -0.2) is 9.97 Å². The van der Waals surface area contributed by atoms with Crippen LogP contribution in [-0.4, -0.2) is 34.7 Å². The molecule has 0 atom stereocenters. The molecule has 0 radical (unpaired) electrons. The van der Waals surface area contributed by atoms with Crippen molar-refractivity contribution in [2.45, 2.75) is 6.92 Å². The fourth-order valence-corrected chi connectivity index (χ4v) is 4.05. The molecule has 2 N–H and O–H groups in total. The number of pyridine rings is 2. The molecule has 0 aliphatic carbocycles. The summed E-state index contributed by atoms with van der Waals surface area (Å²) in [6.45, 7) is 1.99. The van der Waals surface area contributed by atoms with E-state index in [2.05, 4.69) is 59.0 Å². The Bertz CT molecular complexity index is 1550. The summed E-state index contributed by atoms with van der Waals surface area (Å²) in [7, 11) is 2.01. The van der Waals surface area contributed by atoms with Gasteiger partial charge in [0.05, 0.1) is 29.0 Å². The molecule has 0 spiro atoms. The Morgan fingerprint density at radius 2 is 1.84 bits per heavy atom. The first kappa shape index (κ1) is 17.6. The number of aromatic nitrogens is 7. The number of hydrogen-bond donors (Lipinski definition) is 2. The van der Waals surface area contributed by atoms with Crippen LogP contribution in [0.1, 0.15) is 5.82 Å². The molecule has 0 aliphatic heterocycles. The van der Waals surface area contributed by atoms with Crippen LogP contribution in [0.25, 0.3) is 55.8 Å². The van der Waals surface area contributed by atoms with Gasteiger partial charge in [0.25, 0.3) is 0 Å². The van der Waals surface area contributed by atoms with Crippen LogP contribution in [-0.2, 0) is 7.05 Å². The second-order valence-electron chi connectivity index (χ2n) is 7.61. The molecule has 5 aromatic heterocycles. The third-order valence-electron chi connectivity index (χ3n) is 5.80. The quantitative estimate of drug-likeness (QED) is 0.439. The second kappa shape index (κ2) is 6.63. The fourth-order valence-electron chi connectivity index (χ4n) is 4.05. The number of nitrogens with zero attached hydrogens (tertiary/aromatic N) is 5. The lowest BCUT2D eigenvalue weighted by atomic mass is 10.1. The van der Waals surface area contributed by atoms with Crippen LogP contribution < -0.4 is 0 Å². The summed E-state index contributed by atoms with van der Waals surface area (Å²) in [5, 5.41) is 9.66. The minimum atomic E-state index is 0.682. The van der Waals surface area contributed by atoms with Crippen molar-refractivity contribution in [3.63, 3.8) is 0 Å². The van der Waals surface area contributed by atoms with E-state index in [-0.39, 0.29) is 0 Å². The highest BCUT2D eigenvalue weighted by Crippen LogP contribution is 2.34. The average molecular weight is 405 g/mol. The average Bonchev–Trinajstić information content (AvgIpc) is 3.50. The van der Waals surface area contributed by atoms with Crippen LogP contribution in [0.2, 0.25) is 0 Å². The molecule has 0 saturated carbocycles. The number of imidazole rings is 1. The third-order valence-corrected chi connectivity index (χ3v) is 5.80. The van der Waals surface area contributed by atoms with E-state index < -0.39 is 0 Å². The summed E-state index contributed by atoms with van der Waals surface area (Å²) in [6.07, 6.45) is 5.53. The highest BCUT2D eigenvalue weighted by atomic mass is 15.2. The molecule has 0 aliphatic rings. The van der Waals surface area contributed by atoms with E-state index in [0.29, 0.717) is 5.65 Å². The minimum absolute atomic E-state index is 0.682. The van der Waals surface area contributed by atoms with Crippen molar-refractivity contribution in [3.8, 4) is 33.9 Å². The van der Waals surface area contributed by atoms with E-state index in [9.17, 15) is 0 Å². The van der Waals surface area contributed by atoms with Gasteiger partial charge >= 0.3 is 0 Å². The predicted molar refractivity (Wildman–Crippen MR) is 121 cm³/mol. The van der Waals surface area contributed by atoms with E-state index in [0.717, 1.165) is 56.0 Å². The maximum Gasteiger partial charge on any atom is 0.181 e. The van der Waals surface area contributed by atoms with Gasteiger partial charge in [0.15, 0.2) is 5.65 Å². The fraction of sp³-hybridized carbons (Fsp3) is 0.0833. The summed E-state index contributed by atoms with van der Waals surface area (Å²) >= 11 is 0. The molecule has 150 valence electrons. The molecule has 6 aromatic rings. The van der Waals surface area contributed by atoms with Crippen molar-refractivity contribution in [1.29, 1.82) is 0 Å². The van der Waals surface area contributed by atoms with Crippen LogP contribution in [0.5, 0.6) is 0 Å². The SMILES string of the molecule is Cc1ncc(-c2cnc3n[nH]c(-c4cc5c(-c6ccccn6)cccc5[nH]4)c3c2)n1C. The molecule has 0 saturated heterocycles. The molecular formula is C24H19N7. The molecule has 6 rings (SSSR count). The maximum atomic E-state index is 4.57. The molecule has 1 aromatic carbocycles. The van der Waals surface area contributed by atoms with Gasteiger partial charge in [-0.1, -0.05) is 18.2 Å². The van der Waals surface area contributed by atoms with Gasteiger partial charge in [-0.3, -0.25) is 10.1 Å². The van der Waals surface area contributed by atoms with Crippen molar-refractivity contribution < 1.29 is 0 Å². The van der Waals surface area contributed by atoms with Crippen LogP contribution in [0.15, 0.2) is 67.1 Å². The van der Waals surface area contributed by atoms with Gasteiger partial charge in [-0.2, -0.15) is 5.10 Å². The first-order chi connectivity index (χ1) is 15.2.